The predicted octanol–water partition coefficient (Wildman–Crippen LogP) is 1.40. The largest absolute Gasteiger partial charge is 0.396 e. The van der Waals surface area contributed by atoms with Gasteiger partial charge in [-0.1, -0.05) is 13.8 Å². The second-order valence-electron chi connectivity index (χ2n) is 4.43. The molecule has 0 aromatic carbocycles. The first-order valence-corrected chi connectivity index (χ1v) is 4.89. The van der Waals surface area contributed by atoms with Crippen LogP contribution in [0.3, 0.4) is 0 Å². The highest BCUT2D eigenvalue weighted by atomic mass is 16.7. The topological polar surface area (TPSA) is 38.7 Å². The van der Waals surface area contributed by atoms with Crippen molar-refractivity contribution in [3.63, 3.8) is 0 Å². The van der Waals surface area contributed by atoms with Crippen molar-refractivity contribution in [2.75, 3.05) is 13.2 Å². The van der Waals surface area contributed by atoms with Crippen molar-refractivity contribution in [2.45, 2.75) is 39.6 Å². The molecule has 0 spiro atoms. The summed E-state index contributed by atoms with van der Waals surface area (Å²) in [7, 11) is 0. The van der Waals surface area contributed by atoms with Gasteiger partial charge in [-0.2, -0.15) is 0 Å². The third-order valence-electron chi connectivity index (χ3n) is 2.52. The van der Waals surface area contributed by atoms with Crippen LogP contribution in [-0.2, 0) is 9.47 Å². The van der Waals surface area contributed by atoms with Crippen LogP contribution in [0.1, 0.15) is 27.7 Å². The fourth-order valence-electron chi connectivity index (χ4n) is 1.69. The van der Waals surface area contributed by atoms with Gasteiger partial charge in [-0.25, -0.2) is 0 Å². The Morgan fingerprint density at radius 2 is 2.15 bits per heavy atom. The lowest BCUT2D eigenvalue weighted by atomic mass is 9.93. The van der Waals surface area contributed by atoms with Crippen molar-refractivity contribution >= 4 is 0 Å². The van der Waals surface area contributed by atoms with Gasteiger partial charge in [0, 0.05) is 18.4 Å². The molecular weight excluding hydrogens is 168 g/mol. The fourth-order valence-corrected chi connectivity index (χ4v) is 1.69. The van der Waals surface area contributed by atoms with Crippen molar-refractivity contribution in [1.29, 1.82) is 0 Å². The average Bonchev–Trinajstić information content (AvgIpc) is 2.08. The minimum Gasteiger partial charge on any atom is -0.396 e. The van der Waals surface area contributed by atoms with E-state index < -0.39 is 5.79 Å². The molecule has 1 saturated heterocycles. The van der Waals surface area contributed by atoms with Crippen molar-refractivity contribution in [2.24, 2.45) is 11.8 Å². The van der Waals surface area contributed by atoms with E-state index in [1.165, 1.54) is 0 Å². The van der Waals surface area contributed by atoms with Crippen molar-refractivity contribution in [3.05, 3.63) is 0 Å². The van der Waals surface area contributed by atoms with Gasteiger partial charge < -0.3 is 14.6 Å². The molecule has 0 saturated carbocycles. The molecule has 1 rings (SSSR count). The Labute approximate surface area is 80.0 Å². The molecule has 1 N–H and O–H groups in total. The van der Waals surface area contributed by atoms with Crippen LogP contribution in [0.25, 0.3) is 0 Å². The zero-order chi connectivity index (χ0) is 10.1. The summed E-state index contributed by atoms with van der Waals surface area (Å²) in [5.74, 6) is 0.0361. The quantitative estimate of drug-likeness (QED) is 0.712. The van der Waals surface area contributed by atoms with Crippen LogP contribution in [0.4, 0.5) is 0 Å². The molecule has 0 aromatic rings. The Balaban J connectivity index is 2.60. The molecule has 3 atom stereocenters. The van der Waals surface area contributed by atoms with Crippen LogP contribution >= 0.6 is 0 Å². The van der Waals surface area contributed by atoms with Gasteiger partial charge in [-0.05, 0) is 13.8 Å². The third kappa shape index (κ3) is 2.66. The first-order chi connectivity index (χ1) is 5.96. The van der Waals surface area contributed by atoms with Crippen LogP contribution in [0.15, 0.2) is 0 Å². The summed E-state index contributed by atoms with van der Waals surface area (Å²) in [6, 6.07) is 0. The smallest absolute Gasteiger partial charge is 0.163 e. The molecule has 3 heteroatoms. The molecule has 0 aromatic heterocycles. The van der Waals surface area contributed by atoms with Gasteiger partial charge in [0.15, 0.2) is 5.79 Å². The summed E-state index contributed by atoms with van der Waals surface area (Å²) >= 11 is 0. The zero-order valence-corrected chi connectivity index (χ0v) is 8.91. The molecular formula is C10H20O3. The summed E-state index contributed by atoms with van der Waals surface area (Å²) in [6.45, 7) is 8.80. The van der Waals surface area contributed by atoms with Gasteiger partial charge >= 0.3 is 0 Å². The summed E-state index contributed by atoms with van der Waals surface area (Å²) < 4.78 is 11.3. The maximum Gasteiger partial charge on any atom is 0.163 e. The molecule has 0 unspecified atom stereocenters. The second kappa shape index (κ2) is 3.95. The van der Waals surface area contributed by atoms with Crippen LogP contribution in [0.5, 0.6) is 0 Å². The number of aliphatic hydroxyl groups is 1. The zero-order valence-electron chi connectivity index (χ0n) is 8.91. The lowest BCUT2D eigenvalue weighted by molar-refractivity contribution is -0.300. The van der Waals surface area contributed by atoms with E-state index in [1.807, 2.05) is 20.8 Å². The van der Waals surface area contributed by atoms with E-state index in [0.29, 0.717) is 12.5 Å². The highest BCUT2D eigenvalue weighted by Gasteiger charge is 2.36. The van der Waals surface area contributed by atoms with E-state index in [9.17, 15) is 0 Å². The molecule has 0 aliphatic carbocycles. The Morgan fingerprint density at radius 1 is 1.54 bits per heavy atom. The molecule has 78 valence electrons. The van der Waals surface area contributed by atoms with Crippen LogP contribution in [0.2, 0.25) is 0 Å². The molecule has 0 bridgehead atoms. The maximum absolute atomic E-state index is 9.05. The van der Waals surface area contributed by atoms with E-state index in [2.05, 4.69) is 6.92 Å². The highest BCUT2D eigenvalue weighted by molar-refractivity contribution is 4.78. The average molecular weight is 188 g/mol. The van der Waals surface area contributed by atoms with Crippen molar-refractivity contribution < 1.29 is 14.6 Å². The standard InChI is InChI=1S/C10H20O3/c1-7(5-11)9-8(2)6-12-10(3,4)13-9/h7-9,11H,5-6H2,1-4H3/t7-,8-,9+/m0/s1. The van der Waals surface area contributed by atoms with E-state index in [-0.39, 0.29) is 18.6 Å². The SMILES string of the molecule is C[C@@H](CO)[C@H]1OC(C)(C)OC[C@@H]1C. The second-order valence-corrected chi connectivity index (χ2v) is 4.43. The number of ether oxygens (including phenoxy) is 2. The number of aliphatic hydroxyl groups excluding tert-OH is 1. The summed E-state index contributed by atoms with van der Waals surface area (Å²) in [5.41, 5.74) is 0. The molecule has 1 fully saturated rings. The molecule has 3 nitrogen and oxygen atoms in total. The Kier molecular flexibility index (Phi) is 3.33. The Bertz CT molecular complexity index is 164. The Morgan fingerprint density at radius 3 is 2.69 bits per heavy atom. The fraction of sp³-hybridized carbons (Fsp3) is 1.00. The van der Waals surface area contributed by atoms with Crippen LogP contribution in [0, 0.1) is 11.8 Å². The molecule has 13 heavy (non-hydrogen) atoms. The normalized spacial score (nSPS) is 35.8. The predicted molar refractivity (Wildman–Crippen MR) is 50.3 cm³/mol. The molecule has 0 radical (unpaired) electrons. The Hall–Kier alpha value is -0.120. The van der Waals surface area contributed by atoms with Gasteiger partial charge in [-0.15, -0.1) is 0 Å². The number of hydrogen-bond donors (Lipinski definition) is 1. The molecule has 1 heterocycles. The highest BCUT2D eigenvalue weighted by Crippen LogP contribution is 2.29. The number of hydrogen-bond acceptors (Lipinski definition) is 3. The van der Waals surface area contributed by atoms with Gasteiger partial charge in [0.25, 0.3) is 0 Å². The van der Waals surface area contributed by atoms with Gasteiger partial charge in [-0.3, -0.25) is 0 Å². The van der Waals surface area contributed by atoms with Crippen LogP contribution < -0.4 is 0 Å². The lowest BCUT2D eigenvalue weighted by Gasteiger charge is -2.42. The number of rotatable bonds is 2. The minimum absolute atomic E-state index is 0.105. The van der Waals surface area contributed by atoms with Gasteiger partial charge in [0.1, 0.15) is 0 Å². The van der Waals surface area contributed by atoms with Crippen molar-refractivity contribution in [1.82, 2.24) is 0 Å². The van der Waals surface area contributed by atoms with Gasteiger partial charge in [0.2, 0.25) is 0 Å². The summed E-state index contributed by atoms with van der Waals surface area (Å²) in [6.07, 6.45) is 0.105. The van der Waals surface area contributed by atoms with E-state index in [0.717, 1.165) is 0 Å². The van der Waals surface area contributed by atoms with Crippen LogP contribution in [-0.4, -0.2) is 30.2 Å². The summed E-state index contributed by atoms with van der Waals surface area (Å²) in [5, 5.41) is 9.05. The summed E-state index contributed by atoms with van der Waals surface area (Å²) in [4.78, 5) is 0. The van der Waals surface area contributed by atoms with E-state index in [1.54, 1.807) is 0 Å². The monoisotopic (exact) mass is 188 g/mol. The lowest BCUT2D eigenvalue weighted by Crippen LogP contribution is -2.47. The molecule has 1 aliphatic rings. The van der Waals surface area contributed by atoms with Crippen molar-refractivity contribution in [3.8, 4) is 0 Å². The first kappa shape index (κ1) is 11.0. The first-order valence-electron chi connectivity index (χ1n) is 4.89. The maximum atomic E-state index is 9.05. The molecule has 0 amide bonds. The minimum atomic E-state index is -0.499. The van der Waals surface area contributed by atoms with Gasteiger partial charge in [0.05, 0.1) is 12.7 Å². The molecule has 1 aliphatic heterocycles. The van der Waals surface area contributed by atoms with E-state index in [4.69, 9.17) is 14.6 Å². The third-order valence-corrected chi connectivity index (χ3v) is 2.52. The van der Waals surface area contributed by atoms with E-state index >= 15 is 0 Å².